The lowest BCUT2D eigenvalue weighted by Crippen LogP contribution is -2.27. The quantitative estimate of drug-likeness (QED) is 0.399. The summed E-state index contributed by atoms with van der Waals surface area (Å²) in [4.78, 5) is 37.2. The molecule has 1 saturated heterocycles. The van der Waals surface area contributed by atoms with E-state index >= 15 is 0 Å². The lowest BCUT2D eigenvalue weighted by molar-refractivity contribution is -0.139. The predicted molar refractivity (Wildman–Crippen MR) is 123 cm³/mol. The normalized spacial score (nSPS) is 15.2. The topological polar surface area (TPSA) is 83.9 Å². The zero-order valence-electron chi connectivity index (χ0n) is 14.8. The minimum atomic E-state index is -1.10. The summed E-state index contributed by atoms with van der Waals surface area (Å²) < 4.78 is 6.22. The van der Waals surface area contributed by atoms with Crippen molar-refractivity contribution in [1.29, 1.82) is 0 Å². The number of thioether (sulfide) groups is 1. The number of benzene rings is 2. The lowest BCUT2D eigenvalue weighted by atomic mass is 10.2. The van der Waals surface area contributed by atoms with Crippen LogP contribution < -0.4 is 4.74 Å². The molecule has 11 heteroatoms. The van der Waals surface area contributed by atoms with Crippen molar-refractivity contribution in [3.8, 4) is 5.75 Å². The molecule has 1 aliphatic heterocycles. The van der Waals surface area contributed by atoms with Crippen LogP contribution in [0.3, 0.4) is 0 Å². The van der Waals surface area contributed by atoms with Crippen LogP contribution >= 0.6 is 66.8 Å². The van der Waals surface area contributed by atoms with E-state index in [0.29, 0.717) is 35.9 Å². The van der Waals surface area contributed by atoms with Gasteiger partial charge in [0.1, 0.15) is 5.75 Å². The van der Waals surface area contributed by atoms with Crippen molar-refractivity contribution < 1.29 is 24.2 Å². The number of carboxylic acid groups (broad SMARTS) is 1. The second-order valence-electron chi connectivity index (χ2n) is 6.00. The maximum atomic E-state index is 12.8. The van der Waals surface area contributed by atoms with E-state index in [9.17, 15) is 14.4 Å². The van der Waals surface area contributed by atoms with E-state index in [-0.39, 0.29) is 11.4 Å². The molecule has 6 nitrogen and oxygen atoms in total. The average Bonchev–Trinajstić information content (AvgIpc) is 2.90. The van der Waals surface area contributed by atoms with Crippen molar-refractivity contribution in [2.75, 3.05) is 6.61 Å². The van der Waals surface area contributed by atoms with Crippen LogP contribution in [0, 0.1) is 0 Å². The van der Waals surface area contributed by atoms with Crippen molar-refractivity contribution in [2.45, 2.75) is 6.54 Å². The largest absolute Gasteiger partial charge is 0.480 e. The van der Waals surface area contributed by atoms with Gasteiger partial charge in [0.15, 0.2) is 6.61 Å². The molecule has 0 aromatic heterocycles. The molecular formula is C19H11Br2Cl2NO5S. The number of halogens is 4. The minimum Gasteiger partial charge on any atom is -0.480 e. The SMILES string of the molecule is O=C(O)COc1c(Br)cc(/C=C2\SC(=O)N(Cc3ccc(Cl)cc3Cl)C2=O)cc1Br. The van der Waals surface area contributed by atoms with E-state index in [1.165, 1.54) is 0 Å². The summed E-state index contributed by atoms with van der Waals surface area (Å²) in [6.45, 7) is -0.462. The zero-order chi connectivity index (χ0) is 22.0. The molecule has 2 aromatic carbocycles. The fourth-order valence-electron chi connectivity index (χ4n) is 2.54. The van der Waals surface area contributed by atoms with Crippen molar-refractivity contribution in [2.24, 2.45) is 0 Å². The summed E-state index contributed by atoms with van der Waals surface area (Å²) in [6, 6.07) is 8.18. The number of hydrogen-bond donors (Lipinski definition) is 1. The molecule has 1 aliphatic rings. The van der Waals surface area contributed by atoms with E-state index < -0.39 is 23.7 Å². The molecule has 0 radical (unpaired) electrons. The van der Waals surface area contributed by atoms with Crippen molar-refractivity contribution >= 4 is 90.0 Å². The fraction of sp³-hybridized carbons (Fsp3) is 0.105. The van der Waals surface area contributed by atoms with E-state index in [0.717, 1.165) is 16.7 Å². The Hall–Kier alpha value is -1.52. The molecular weight excluding hydrogens is 585 g/mol. The average molecular weight is 596 g/mol. The Kier molecular flexibility index (Phi) is 7.52. The third-order valence-electron chi connectivity index (χ3n) is 3.88. The first-order valence-electron chi connectivity index (χ1n) is 8.18. The molecule has 3 rings (SSSR count). The summed E-state index contributed by atoms with van der Waals surface area (Å²) in [7, 11) is 0. The molecule has 30 heavy (non-hydrogen) atoms. The van der Waals surface area contributed by atoms with Crippen LogP contribution in [0.25, 0.3) is 6.08 Å². The molecule has 156 valence electrons. The Bertz CT molecular complexity index is 1070. The van der Waals surface area contributed by atoms with Gasteiger partial charge in [0.2, 0.25) is 0 Å². The summed E-state index contributed by atoms with van der Waals surface area (Å²) >= 11 is 19.5. The van der Waals surface area contributed by atoms with E-state index in [1.54, 1.807) is 36.4 Å². The van der Waals surface area contributed by atoms with E-state index in [2.05, 4.69) is 31.9 Å². The van der Waals surface area contributed by atoms with Gasteiger partial charge < -0.3 is 9.84 Å². The van der Waals surface area contributed by atoms with Crippen LogP contribution in [0.5, 0.6) is 5.75 Å². The van der Waals surface area contributed by atoms with Crippen LogP contribution in [-0.2, 0) is 16.1 Å². The first-order valence-corrected chi connectivity index (χ1v) is 11.3. The van der Waals surface area contributed by atoms with Crippen molar-refractivity contribution in [3.63, 3.8) is 0 Å². The van der Waals surface area contributed by atoms with Crippen LogP contribution in [0.1, 0.15) is 11.1 Å². The van der Waals surface area contributed by atoms with Crippen molar-refractivity contribution in [1.82, 2.24) is 4.90 Å². The predicted octanol–water partition coefficient (Wildman–Crippen LogP) is 6.22. The molecule has 2 amide bonds. The Labute approximate surface area is 202 Å². The van der Waals surface area contributed by atoms with Crippen LogP contribution in [0.4, 0.5) is 4.79 Å². The van der Waals surface area contributed by atoms with Gasteiger partial charge in [-0.25, -0.2) is 4.79 Å². The van der Waals surface area contributed by atoms with Gasteiger partial charge in [-0.3, -0.25) is 14.5 Å². The molecule has 0 unspecified atom stereocenters. The number of nitrogens with zero attached hydrogens (tertiary/aromatic N) is 1. The Balaban J connectivity index is 1.82. The standard InChI is InChI=1S/C19H11Br2Cl2NO5S/c20-12-3-9(4-13(21)17(12)29-8-16(25)26)5-15-18(27)24(19(28)30-15)7-10-1-2-11(22)6-14(10)23/h1-6H,7-8H2,(H,25,26)/b15-5-. The van der Waals surface area contributed by atoms with Gasteiger partial charge in [-0.05, 0) is 85.1 Å². The minimum absolute atomic E-state index is 0.0351. The highest BCUT2D eigenvalue weighted by molar-refractivity contribution is 9.11. The van der Waals surface area contributed by atoms with Gasteiger partial charge in [-0.1, -0.05) is 29.3 Å². The summed E-state index contributed by atoms with van der Waals surface area (Å²) in [6.07, 6.45) is 1.57. The highest BCUT2D eigenvalue weighted by Gasteiger charge is 2.35. The first-order chi connectivity index (χ1) is 14.2. The first kappa shape index (κ1) is 23.1. The number of hydrogen-bond acceptors (Lipinski definition) is 5. The number of imide groups is 1. The lowest BCUT2D eigenvalue weighted by Gasteiger charge is -2.13. The number of carboxylic acids is 1. The molecule has 0 bridgehead atoms. The number of rotatable bonds is 6. The van der Waals surface area contributed by atoms with Gasteiger partial charge in [-0.15, -0.1) is 0 Å². The fourth-order valence-corrected chi connectivity index (χ4v) is 5.30. The summed E-state index contributed by atoms with van der Waals surface area (Å²) in [5.74, 6) is -1.22. The number of carbonyl (C=O) groups is 3. The third kappa shape index (κ3) is 5.39. The van der Waals surface area contributed by atoms with Gasteiger partial charge >= 0.3 is 5.97 Å². The number of carbonyl (C=O) groups excluding carboxylic acids is 2. The second-order valence-corrected chi connectivity index (χ2v) is 9.55. The number of ether oxygens (including phenoxy) is 1. The molecule has 1 heterocycles. The second kappa shape index (κ2) is 9.74. The molecule has 1 fully saturated rings. The van der Waals surface area contributed by atoms with E-state index in [1.807, 2.05) is 0 Å². The molecule has 0 aliphatic carbocycles. The van der Waals surface area contributed by atoms with Gasteiger partial charge in [0, 0.05) is 10.0 Å². The monoisotopic (exact) mass is 593 g/mol. The molecule has 2 aromatic rings. The smallest absolute Gasteiger partial charge is 0.341 e. The van der Waals surface area contributed by atoms with Gasteiger partial charge in [0.05, 0.1) is 20.4 Å². The Morgan fingerprint density at radius 3 is 2.43 bits per heavy atom. The third-order valence-corrected chi connectivity index (χ3v) is 6.55. The maximum absolute atomic E-state index is 12.8. The van der Waals surface area contributed by atoms with Crippen LogP contribution in [-0.4, -0.2) is 33.7 Å². The molecule has 0 saturated carbocycles. The van der Waals surface area contributed by atoms with Crippen LogP contribution in [0.2, 0.25) is 10.0 Å². The molecule has 0 spiro atoms. The zero-order valence-corrected chi connectivity index (χ0v) is 20.3. The highest BCUT2D eigenvalue weighted by atomic mass is 79.9. The number of aliphatic carboxylic acids is 1. The van der Waals surface area contributed by atoms with Crippen LogP contribution in [0.15, 0.2) is 44.2 Å². The van der Waals surface area contributed by atoms with Gasteiger partial charge in [-0.2, -0.15) is 0 Å². The number of amides is 2. The molecule has 0 atom stereocenters. The Morgan fingerprint density at radius 1 is 1.17 bits per heavy atom. The van der Waals surface area contributed by atoms with E-state index in [4.69, 9.17) is 33.0 Å². The summed E-state index contributed by atoms with van der Waals surface area (Å²) in [5, 5.41) is 9.19. The maximum Gasteiger partial charge on any atom is 0.341 e. The van der Waals surface area contributed by atoms with Crippen molar-refractivity contribution in [3.05, 3.63) is 65.4 Å². The summed E-state index contributed by atoms with van der Waals surface area (Å²) in [5.41, 5.74) is 1.22. The van der Waals surface area contributed by atoms with Gasteiger partial charge in [0.25, 0.3) is 11.1 Å². The highest BCUT2D eigenvalue weighted by Crippen LogP contribution is 2.38. The Morgan fingerprint density at radius 2 is 1.83 bits per heavy atom. The molecule has 1 N–H and O–H groups in total.